The minimum atomic E-state index is -0.250. The second-order valence-corrected chi connectivity index (χ2v) is 4.84. The van der Waals surface area contributed by atoms with Gasteiger partial charge in [0.15, 0.2) is 0 Å². The van der Waals surface area contributed by atoms with Crippen molar-refractivity contribution < 1.29 is 9.90 Å². The minimum Gasteiger partial charge on any atom is -0.483 e. The van der Waals surface area contributed by atoms with Gasteiger partial charge in [-0.05, 0) is 31.9 Å². The quantitative estimate of drug-likeness (QED) is 0.585. The van der Waals surface area contributed by atoms with Crippen LogP contribution in [0.15, 0.2) is 30.3 Å². The maximum absolute atomic E-state index is 8.36. The van der Waals surface area contributed by atoms with Gasteiger partial charge in [0.2, 0.25) is 0 Å². The van der Waals surface area contributed by atoms with Crippen LogP contribution in [0.2, 0.25) is 0 Å². The molecule has 4 nitrogen and oxygen atoms in total. The smallest absolute Gasteiger partial charge is 0.290 e. The largest absolute Gasteiger partial charge is 0.483 e. The lowest BCUT2D eigenvalue weighted by atomic mass is 10.1. The predicted molar refractivity (Wildman–Crippen MR) is 80.3 cm³/mol. The maximum Gasteiger partial charge on any atom is 0.290 e. The van der Waals surface area contributed by atoms with Crippen LogP contribution in [0.1, 0.15) is 31.4 Å². The number of benzene rings is 1. The van der Waals surface area contributed by atoms with Gasteiger partial charge in [-0.3, -0.25) is 4.79 Å². The summed E-state index contributed by atoms with van der Waals surface area (Å²) in [5.74, 6) is 0. The highest BCUT2D eigenvalue weighted by molar-refractivity contribution is 7.80. The van der Waals surface area contributed by atoms with E-state index >= 15 is 0 Å². The third-order valence-corrected chi connectivity index (χ3v) is 3.44. The van der Waals surface area contributed by atoms with Gasteiger partial charge in [0, 0.05) is 6.04 Å². The van der Waals surface area contributed by atoms with Crippen LogP contribution in [0.25, 0.3) is 0 Å². The van der Waals surface area contributed by atoms with Crippen LogP contribution >= 0.6 is 12.2 Å². The predicted octanol–water partition coefficient (Wildman–Crippen LogP) is 2.12. The number of rotatable bonds is 3. The molecule has 3 N–H and O–H groups in total. The molecule has 0 bridgehead atoms. The Labute approximate surface area is 119 Å². The second-order valence-electron chi connectivity index (χ2n) is 4.40. The third kappa shape index (κ3) is 5.36. The molecule has 0 aromatic heterocycles. The van der Waals surface area contributed by atoms with Gasteiger partial charge in [-0.2, -0.15) is 0 Å². The Morgan fingerprint density at radius 2 is 2.16 bits per heavy atom. The zero-order chi connectivity index (χ0) is 14.1. The van der Waals surface area contributed by atoms with E-state index in [4.69, 9.17) is 22.1 Å². The summed E-state index contributed by atoms with van der Waals surface area (Å²) in [6.07, 6.45) is 2.39. The van der Waals surface area contributed by atoms with Crippen LogP contribution in [0, 0.1) is 0 Å². The summed E-state index contributed by atoms with van der Waals surface area (Å²) in [6, 6.07) is 11.1. The molecule has 0 amide bonds. The number of nitrogens with one attached hydrogen (secondary N) is 2. The molecule has 1 saturated heterocycles. The number of carboxylic acid groups (broad SMARTS) is 1. The van der Waals surface area contributed by atoms with E-state index in [0.29, 0.717) is 6.04 Å². The van der Waals surface area contributed by atoms with Crippen molar-refractivity contribution in [2.75, 3.05) is 6.54 Å². The van der Waals surface area contributed by atoms with Crippen molar-refractivity contribution in [3.05, 3.63) is 35.9 Å². The summed E-state index contributed by atoms with van der Waals surface area (Å²) in [5.41, 5.74) is 1.28. The van der Waals surface area contributed by atoms with E-state index in [1.54, 1.807) is 0 Å². The van der Waals surface area contributed by atoms with E-state index in [9.17, 15) is 0 Å². The highest BCUT2D eigenvalue weighted by atomic mass is 32.1. The van der Waals surface area contributed by atoms with Gasteiger partial charge in [0.05, 0.1) is 11.0 Å². The topological polar surface area (TPSA) is 61.4 Å². The van der Waals surface area contributed by atoms with Crippen molar-refractivity contribution in [3.63, 3.8) is 0 Å². The summed E-state index contributed by atoms with van der Waals surface area (Å²) in [5, 5.41) is 13.7. The van der Waals surface area contributed by atoms with Gasteiger partial charge in [-0.15, -0.1) is 0 Å². The van der Waals surface area contributed by atoms with E-state index in [2.05, 4.69) is 41.8 Å². The Balaban J connectivity index is 0.000000550. The van der Waals surface area contributed by atoms with E-state index in [1.165, 1.54) is 12.0 Å². The molecule has 1 aliphatic heterocycles. The lowest BCUT2D eigenvalue weighted by Gasteiger charge is -2.20. The zero-order valence-electron chi connectivity index (χ0n) is 11.0. The fraction of sp³-hybridized carbons (Fsp3) is 0.429. The molecular weight excluding hydrogens is 260 g/mol. The molecule has 2 rings (SSSR count). The summed E-state index contributed by atoms with van der Waals surface area (Å²) < 4.78 is 0. The fourth-order valence-corrected chi connectivity index (χ4v) is 2.43. The van der Waals surface area contributed by atoms with Crippen molar-refractivity contribution in [1.82, 2.24) is 10.6 Å². The summed E-state index contributed by atoms with van der Waals surface area (Å²) >= 11 is 5.42. The molecule has 1 heterocycles. The molecule has 1 fully saturated rings. The zero-order valence-corrected chi connectivity index (χ0v) is 11.8. The van der Waals surface area contributed by atoms with Gasteiger partial charge >= 0.3 is 0 Å². The van der Waals surface area contributed by atoms with Crippen LogP contribution in [0.4, 0.5) is 0 Å². The minimum absolute atomic E-state index is 0.250. The van der Waals surface area contributed by atoms with Gasteiger partial charge in [0.1, 0.15) is 0 Å². The van der Waals surface area contributed by atoms with Crippen molar-refractivity contribution in [2.45, 2.75) is 31.8 Å². The third-order valence-electron chi connectivity index (χ3n) is 3.04. The first kappa shape index (κ1) is 15.6. The number of thiocarbonyl (C=S) groups is 1. The Morgan fingerprint density at radius 3 is 2.68 bits per heavy atom. The molecule has 0 unspecified atom stereocenters. The van der Waals surface area contributed by atoms with Crippen LogP contribution in [0.5, 0.6) is 0 Å². The molecule has 19 heavy (non-hydrogen) atoms. The van der Waals surface area contributed by atoms with Crippen molar-refractivity contribution in [2.24, 2.45) is 0 Å². The van der Waals surface area contributed by atoms with Crippen molar-refractivity contribution in [3.8, 4) is 0 Å². The summed E-state index contributed by atoms with van der Waals surface area (Å²) in [6.45, 7) is 2.99. The Hall–Kier alpha value is -1.46. The molecule has 0 saturated carbocycles. The second kappa shape index (κ2) is 8.61. The molecule has 0 spiro atoms. The number of hydrogen-bond acceptors (Lipinski definition) is 3. The molecule has 5 heteroatoms. The van der Waals surface area contributed by atoms with Gasteiger partial charge in [0.25, 0.3) is 6.47 Å². The molecule has 0 radical (unpaired) electrons. The van der Waals surface area contributed by atoms with Crippen LogP contribution in [0.3, 0.4) is 0 Å². The first-order valence-electron chi connectivity index (χ1n) is 6.35. The van der Waals surface area contributed by atoms with Crippen molar-refractivity contribution in [1.29, 1.82) is 0 Å². The van der Waals surface area contributed by atoms with Gasteiger partial charge in [-0.25, -0.2) is 0 Å². The normalized spacial score (nSPS) is 18.9. The first-order chi connectivity index (χ1) is 9.19. The number of hydrogen-bond donors (Lipinski definition) is 3. The van der Waals surface area contributed by atoms with Gasteiger partial charge in [-0.1, -0.05) is 42.5 Å². The van der Waals surface area contributed by atoms with E-state index < -0.39 is 0 Å². The Morgan fingerprint density at radius 1 is 1.53 bits per heavy atom. The Kier molecular flexibility index (Phi) is 7.07. The van der Waals surface area contributed by atoms with Crippen LogP contribution in [-0.2, 0) is 4.79 Å². The monoisotopic (exact) mass is 280 g/mol. The average molecular weight is 280 g/mol. The van der Waals surface area contributed by atoms with E-state index in [0.717, 1.165) is 18.0 Å². The lowest BCUT2D eigenvalue weighted by molar-refractivity contribution is -0.122. The summed E-state index contributed by atoms with van der Waals surface area (Å²) in [7, 11) is 0. The van der Waals surface area contributed by atoms with Gasteiger partial charge < -0.3 is 15.7 Å². The first-order valence-corrected chi connectivity index (χ1v) is 6.76. The standard InChI is InChI=1S/C13H18N2S.CH2O2/c1-10(11-6-3-2-4-7-11)15-13(16)12-8-5-9-14-12;2-1-3/h2-4,6-7,10,12,14H,5,8-9H2,1H3,(H,15,16);1H,(H,2,3)/t10-,12+;/m1./s1. The van der Waals surface area contributed by atoms with E-state index in [-0.39, 0.29) is 12.5 Å². The SMILES string of the molecule is C[C@@H](NC(=S)[C@@H]1CCCN1)c1ccccc1.O=CO. The molecule has 1 aromatic carbocycles. The molecule has 104 valence electrons. The van der Waals surface area contributed by atoms with Crippen LogP contribution in [-0.4, -0.2) is 29.2 Å². The lowest BCUT2D eigenvalue weighted by Crippen LogP contribution is -2.40. The fourth-order valence-electron chi connectivity index (χ4n) is 2.05. The highest BCUT2D eigenvalue weighted by Gasteiger charge is 2.19. The molecular formula is C14H20N2O2S. The molecule has 1 aliphatic rings. The Bertz CT molecular complexity index is 392. The summed E-state index contributed by atoms with van der Waals surface area (Å²) in [4.78, 5) is 9.31. The molecule has 1 aromatic rings. The number of carbonyl (C=O) groups is 1. The average Bonchev–Trinajstić information content (AvgIpc) is 2.94. The maximum atomic E-state index is 8.36. The van der Waals surface area contributed by atoms with Crippen LogP contribution < -0.4 is 10.6 Å². The van der Waals surface area contributed by atoms with E-state index in [1.807, 2.05) is 6.07 Å². The molecule has 0 aliphatic carbocycles. The highest BCUT2D eigenvalue weighted by Crippen LogP contribution is 2.13. The molecule has 2 atom stereocenters. The van der Waals surface area contributed by atoms with Crippen molar-refractivity contribution >= 4 is 23.7 Å².